The van der Waals surface area contributed by atoms with Crippen molar-refractivity contribution in [3.8, 4) is 11.5 Å². The van der Waals surface area contributed by atoms with Crippen LogP contribution in [0.3, 0.4) is 0 Å². The fourth-order valence-corrected chi connectivity index (χ4v) is 2.62. The minimum atomic E-state index is -0.130. The molecular weight excluding hydrogens is 256 g/mol. The number of hydrogen-bond donors (Lipinski definition) is 3. The molecule has 0 aliphatic heterocycles. The van der Waals surface area contributed by atoms with Gasteiger partial charge in [-0.15, -0.1) is 0 Å². The molecule has 2 rings (SSSR count). The Bertz CT molecular complexity index is 443. The number of nitrogens with one attached hydrogen (secondary N) is 1. The van der Waals surface area contributed by atoms with E-state index in [0.717, 1.165) is 37.0 Å². The van der Waals surface area contributed by atoms with Gasteiger partial charge in [-0.3, -0.25) is 0 Å². The summed E-state index contributed by atoms with van der Waals surface area (Å²) in [6.07, 6.45) is 3.61. The monoisotopic (exact) mass is 280 g/mol. The SMILES string of the molecule is COc1cc(CN[C@H]2CC[C@H](O)CC2)c(N)c(OC)c1. The van der Waals surface area contributed by atoms with Crippen LogP contribution in [0.15, 0.2) is 12.1 Å². The molecular formula is C15H24N2O3. The molecule has 112 valence electrons. The van der Waals surface area contributed by atoms with E-state index in [1.165, 1.54) is 0 Å². The van der Waals surface area contributed by atoms with Gasteiger partial charge < -0.3 is 25.6 Å². The second-order valence-electron chi connectivity index (χ2n) is 5.29. The zero-order valence-corrected chi connectivity index (χ0v) is 12.2. The summed E-state index contributed by atoms with van der Waals surface area (Å²) in [6.45, 7) is 0.681. The maximum Gasteiger partial charge on any atom is 0.145 e. The van der Waals surface area contributed by atoms with Crippen molar-refractivity contribution < 1.29 is 14.6 Å². The molecule has 1 aromatic rings. The van der Waals surface area contributed by atoms with Crippen molar-refractivity contribution in [1.29, 1.82) is 0 Å². The molecule has 1 aliphatic carbocycles. The average molecular weight is 280 g/mol. The Kier molecular flexibility index (Phi) is 5.09. The topological polar surface area (TPSA) is 76.7 Å². The largest absolute Gasteiger partial charge is 0.497 e. The molecule has 0 spiro atoms. The van der Waals surface area contributed by atoms with E-state index in [1.54, 1.807) is 20.3 Å². The maximum absolute atomic E-state index is 9.51. The summed E-state index contributed by atoms with van der Waals surface area (Å²) in [4.78, 5) is 0. The third-order valence-corrected chi connectivity index (χ3v) is 3.93. The Hall–Kier alpha value is -1.46. The van der Waals surface area contributed by atoms with E-state index in [4.69, 9.17) is 15.2 Å². The zero-order valence-electron chi connectivity index (χ0n) is 12.2. The van der Waals surface area contributed by atoms with E-state index in [0.29, 0.717) is 24.0 Å². The van der Waals surface area contributed by atoms with Gasteiger partial charge in [0.2, 0.25) is 0 Å². The van der Waals surface area contributed by atoms with Crippen molar-refractivity contribution in [2.24, 2.45) is 0 Å². The highest BCUT2D eigenvalue weighted by molar-refractivity contribution is 5.61. The first-order valence-corrected chi connectivity index (χ1v) is 7.06. The first-order chi connectivity index (χ1) is 9.63. The number of aliphatic hydroxyl groups excluding tert-OH is 1. The quantitative estimate of drug-likeness (QED) is 0.715. The van der Waals surface area contributed by atoms with Gasteiger partial charge in [-0.2, -0.15) is 0 Å². The number of nitrogen functional groups attached to an aromatic ring is 1. The van der Waals surface area contributed by atoms with E-state index < -0.39 is 0 Å². The predicted octanol–water partition coefficient (Wildman–Crippen LogP) is 1.68. The Morgan fingerprint density at radius 2 is 1.90 bits per heavy atom. The van der Waals surface area contributed by atoms with Crippen molar-refractivity contribution in [2.45, 2.75) is 44.4 Å². The fraction of sp³-hybridized carbons (Fsp3) is 0.600. The van der Waals surface area contributed by atoms with Gasteiger partial charge in [-0.1, -0.05) is 0 Å². The molecule has 4 N–H and O–H groups in total. The van der Waals surface area contributed by atoms with Crippen LogP contribution >= 0.6 is 0 Å². The molecule has 5 heteroatoms. The summed E-state index contributed by atoms with van der Waals surface area (Å²) in [6, 6.07) is 4.16. The smallest absolute Gasteiger partial charge is 0.145 e. The van der Waals surface area contributed by atoms with Gasteiger partial charge in [0, 0.05) is 18.7 Å². The second-order valence-corrected chi connectivity index (χ2v) is 5.29. The Balaban J connectivity index is 2.01. The highest BCUT2D eigenvalue weighted by Crippen LogP contribution is 2.31. The van der Waals surface area contributed by atoms with Gasteiger partial charge in [0.25, 0.3) is 0 Å². The lowest BCUT2D eigenvalue weighted by atomic mass is 9.93. The number of benzene rings is 1. The van der Waals surface area contributed by atoms with Crippen molar-refractivity contribution in [2.75, 3.05) is 20.0 Å². The summed E-state index contributed by atoms with van der Waals surface area (Å²) in [5.41, 5.74) is 7.72. The van der Waals surface area contributed by atoms with Gasteiger partial charge in [-0.05, 0) is 37.3 Å². The Labute approximate surface area is 120 Å². The van der Waals surface area contributed by atoms with E-state index in [9.17, 15) is 5.11 Å². The van der Waals surface area contributed by atoms with Crippen LogP contribution in [-0.2, 0) is 6.54 Å². The third kappa shape index (κ3) is 3.55. The average Bonchev–Trinajstić information content (AvgIpc) is 2.48. The van der Waals surface area contributed by atoms with Crippen LogP contribution in [0, 0.1) is 0 Å². The predicted molar refractivity (Wildman–Crippen MR) is 79.1 cm³/mol. The molecule has 0 aromatic heterocycles. The van der Waals surface area contributed by atoms with Gasteiger partial charge in [0.1, 0.15) is 11.5 Å². The minimum absolute atomic E-state index is 0.130. The molecule has 0 radical (unpaired) electrons. The van der Waals surface area contributed by atoms with E-state index in [-0.39, 0.29) is 6.10 Å². The highest BCUT2D eigenvalue weighted by atomic mass is 16.5. The molecule has 1 aliphatic rings. The lowest BCUT2D eigenvalue weighted by molar-refractivity contribution is 0.116. The molecule has 0 unspecified atom stereocenters. The first-order valence-electron chi connectivity index (χ1n) is 7.06. The van der Waals surface area contributed by atoms with Crippen LogP contribution in [0.5, 0.6) is 11.5 Å². The van der Waals surface area contributed by atoms with E-state index >= 15 is 0 Å². The molecule has 5 nitrogen and oxygen atoms in total. The van der Waals surface area contributed by atoms with E-state index in [2.05, 4.69) is 5.32 Å². The van der Waals surface area contributed by atoms with Gasteiger partial charge >= 0.3 is 0 Å². The standard InChI is InChI=1S/C15H24N2O3/c1-19-13-7-10(15(16)14(8-13)20-2)9-17-11-3-5-12(18)6-4-11/h7-8,11-12,17-18H,3-6,9,16H2,1-2H3/t11-,12-. The van der Waals surface area contributed by atoms with E-state index in [1.807, 2.05) is 6.07 Å². The van der Waals surface area contributed by atoms with Crippen LogP contribution in [-0.4, -0.2) is 31.5 Å². The Morgan fingerprint density at radius 1 is 1.20 bits per heavy atom. The van der Waals surface area contributed by atoms with Crippen LogP contribution in [0.25, 0.3) is 0 Å². The number of methoxy groups -OCH3 is 2. The summed E-state index contributed by atoms with van der Waals surface area (Å²) in [7, 11) is 3.23. The van der Waals surface area contributed by atoms with Crippen molar-refractivity contribution >= 4 is 5.69 Å². The number of anilines is 1. The Morgan fingerprint density at radius 3 is 2.50 bits per heavy atom. The van der Waals surface area contributed by atoms with Crippen LogP contribution in [0.4, 0.5) is 5.69 Å². The van der Waals surface area contributed by atoms with Crippen LogP contribution < -0.4 is 20.5 Å². The summed E-state index contributed by atoms with van der Waals surface area (Å²) >= 11 is 0. The lowest BCUT2D eigenvalue weighted by Crippen LogP contribution is -2.34. The normalized spacial score (nSPS) is 22.6. The molecule has 1 fully saturated rings. The number of hydrogen-bond acceptors (Lipinski definition) is 5. The minimum Gasteiger partial charge on any atom is -0.497 e. The number of aliphatic hydroxyl groups is 1. The molecule has 0 saturated heterocycles. The second kappa shape index (κ2) is 6.81. The molecule has 0 amide bonds. The molecule has 1 aromatic carbocycles. The molecule has 20 heavy (non-hydrogen) atoms. The summed E-state index contributed by atoms with van der Waals surface area (Å²) < 4.78 is 10.5. The lowest BCUT2D eigenvalue weighted by Gasteiger charge is -2.26. The number of ether oxygens (including phenoxy) is 2. The highest BCUT2D eigenvalue weighted by Gasteiger charge is 2.19. The van der Waals surface area contributed by atoms with Crippen molar-refractivity contribution in [3.63, 3.8) is 0 Å². The van der Waals surface area contributed by atoms with Gasteiger partial charge in [0.15, 0.2) is 0 Å². The zero-order chi connectivity index (χ0) is 14.5. The molecule has 1 saturated carbocycles. The molecule has 0 heterocycles. The van der Waals surface area contributed by atoms with Crippen LogP contribution in [0.2, 0.25) is 0 Å². The van der Waals surface area contributed by atoms with Gasteiger partial charge in [0.05, 0.1) is 26.0 Å². The van der Waals surface area contributed by atoms with Gasteiger partial charge in [-0.25, -0.2) is 0 Å². The van der Waals surface area contributed by atoms with Crippen molar-refractivity contribution in [1.82, 2.24) is 5.32 Å². The fourth-order valence-electron chi connectivity index (χ4n) is 2.62. The number of rotatable bonds is 5. The van der Waals surface area contributed by atoms with Crippen LogP contribution in [0.1, 0.15) is 31.2 Å². The molecule has 0 atom stereocenters. The third-order valence-electron chi connectivity index (χ3n) is 3.93. The summed E-state index contributed by atoms with van der Waals surface area (Å²) in [5.74, 6) is 1.38. The first kappa shape index (κ1) is 14.9. The van der Waals surface area contributed by atoms with Crippen molar-refractivity contribution in [3.05, 3.63) is 17.7 Å². The maximum atomic E-state index is 9.51. The number of nitrogens with two attached hydrogens (primary N) is 1. The molecule has 0 bridgehead atoms. The summed E-state index contributed by atoms with van der Waals surface area (Å²) in [5, 5.41) is 13.0.